The summed E-state index contributed by atoms with van der Waals surface area (Å²) in [6.45, 7) is 1.77. The molecule has 0 radical (unpaired) electrons. The lowest BCUT2D eigenvalue weighted by Gasteiger charge is -2.23. The van der Waals surface area contributed by atoms with Crippen molar-refractivity contribution in [1.29, 1.82) is 0 Å². The van der Waals surface area contributed by atoms with Crippen molar-refractivity contribution in [2.75, 3.05) is 26.8 Å². The number of hydrogen-bond acceptors (Lipinski definition) is 6. The summed E-state index contributed by atoms with van der Waals surface area (Å²) in [6, 6.07) is 1.53. The summed E-state index contributed by atoms with van der Waals surface area (Å²) in [7, 11) is 1.65. The number of Topliss-reactive ketones (excluding diaryl/α,β-unsaturated/α-hetero) is 1. The Morgan fingerprint density at radius 3 is 3.06 bits per heavy atom. The zero-order valence-corrected chi connectivity index (χ0v) is 12.2. The van der Waals surface area contributed by atoms with E-state index >= 15 is 0 Å². The van der Waals surface area contributed by atoms with Crippen molar-refractivity contribution >= 4 is 40.1 Å². The number of rotatable bonds is 5. The largest absolute Gasteiger partial charge is 0.385 e. The predicted molar refractivity (Wildman–Crippen MR) is 71.6 cm³/mol. The topological polar surface area (TPSA) is 66.8 Å². The van der Waals surface area contributed by atoms with Crippen molar-refractivity contribution < 1.29 is 18.3 Å². The van der Waals surface area contributed by atoms with Gasteiger partial charge < -0.3 is 9.29 Å². The van der Waals surface area contributed by atoms with Crippen LogP contribution >= 0.6 is 23.3 Å². The van der Waals surface area contributed by atoms with Crippen LogP contribution in [0.15, 0.2) is 14.5 Å². The maximum absolute atomic E-state index is 11.9. The van der Waals surface area contributed by atoms with Gasteiger partial charge in [0, 0.05) is 25.8 Å². The van der Waals surface area contributed by atoms with Crippen LogP contribution in [-0.4, -0.2) is 45.7 Å². The standard InChI is InChI=1S/C10H13NO4S3/c1-15-4-2-3-11-6-8(12)7-5-9(18(13)14)16-10(7)17-11/h5H,2-4,6H2,1H3,(H,13,14). The van der Waals surface area contributed by atoms with Crippen LogP contribution in [0.25, 0.3) is 0 Å². The molecule has 5 nitrogen and oxygen atoms in total. The molecule has 2 rings (SSSR count). The number of hydrogen-bond donors (Lipinski definition) is 1. The van der Waals surface area contributed by atoms with Crippen LogP contribution in [0.1, 0.15) is 16.8 Å². The van der Waals surface area contributed by atoms with Gasteiger partial charge in [0.05, 0.1) is 10.8 Å². The number of fused-ring (bicyclic) bond motifs is 1. The predicted octanol–water partition coefficient (Wildman–Crippen LogP) is 1.87. The number of carbonyl (C=O) groups excluding carboxylic acids is 1. The molecule has 0 saturated heterocycles. The molecule has 0 amide bonds. The highest BCUT2D eigenvalue weighted by atomic mass is 32.2. The van der Waals surface area contributed by atoms with Gasteiger partial charge in [-0.05, 0) is 24.4 Å². The molecule has 0 bridgehead atoms. The third-order valence-corrected chi connectivity index (χ3v) is 5.73. The normalized spacial score (nSPS) is 17.8. The van der Waals surface area contributed by atoms with E-state index in [0.717, 1.165) is 17.2 Å². The van der Waals surface area contributed by atoms with E-state index in [1.165, 1.54) is 29.4 Å². The fraction of sp³-hybridized carbons (Fsp3) is 0.500. The number of nitrogens with zero attached hydrogens (tertiary/aromatic N) is 1. The van der Waals surface area contributed by atoms with Gasteiger partial charge in [0.15, 0.2) is 16.9 Å². The van der Waals surface area contributed by atoms with Crippen LogP contribution in [-0.2, 0) is 15.8 Å². The van der Waals surface area contributed by atoms with Crippen LogP contribution in [0.3, 0.4) is 0 Å². The Balaban J connectivity index is 2.08. The summed E-state index contributed by atoms with van der Waals surface area (Å²) < 4.78 is 28.1. The lowest BCUT2D eigenvalue weighted by molar-refractivity contribution is 0.0959. The summed E-state index contributed by atoms with van der Waals surface area (Å²) in [5.74, 6) is 0.00844. The summed E-state index contributed by atoms with van der Waals surface area (Å²) in [6.07, 6.45) is 0.857. The Hall–Kier alpha value is -0.250. The highest BCUT2D eigenvalue weighted by Gasteiger charge is 2.27. The Kier molecular flexibility index (Phi) is 4.93. The number of carbonyl (C=O) groups is 1. The summed E-state index contributed by atoms with van der Waals surface area (Å²) in [4.78, 5) is 11.9. The molecule has 1 atom stereocenters. The van der Waals surface area contributed by atoms with Crippen LogP contribution in [0.2, 0.25) is 0 Å². The smallest absolute Gasteiger partial charge is 0.196 e. The average molecular weight is 307 g/mol. The van der Waals surface area contributed by atoms with E-state index in [-0.39, 0.29) is 5.78 Å². The highest BCUT2D eigenvalue weighted by molar-refractivity contribution is 7.99. The second-order valence-corrected chi connectivity index (χ2v) is 7.35. The van der Waals surface area contributed by atoms with Gasteiger partial charge in [0.1, 0.15) is 4.21 Å². The van der Waals surface area contributed by atoms with Gasteiger partial charge in [-0.3, -0.25) is 4.79 Å². The quantitative estimate of drug-likeness (QED) is 0.509. The van der Waals surface area contributed by atoms with E-state index in [1.54, 1.807) is 7.11 Å². The molecule has 2 heterocycles. The van der Waals surface area contributed by atoms with Gasteiger partial charge in [-0.25, -0.2) is 8.51 Å². The number of ketones is 1. The minimum absolute atomic E-state index is 0.00844. The number of ether oxygens (including phenoxy) is 1. The lowest BCUT2D eigenvalue weighted by atomic mass is 10.2. The zero-order valence-electron chi connectivity index (χ0n) is 9.75. The molecule has 0 aliphatic carbocycles. The molecule has 18 heavy (non-hydrogen) atoms. The molecule has 1 aromatic heterocycles. The molecule has 8 heteroatoms. The summed E-state index contributed by atoms with van der Waals surface area (Å²) in [5, 5.41) is 0. The Labute approximate surface area is 116 Å². The van der Waals surface area contributed by atoms with Crippen LogP contribution in [0.5, 0.6) is 0 Å². The molecule has 0 aromatic carbocycles. The van der Waals surface area contributed by atoms with Gasteiger partial charge in [0.2, 0.25) is 0 Å². The average Bonchev–Trinajstić information content (AvgIpc) is 2.74. The van der Waals surface area contributed by atoms with Gasteiger partial charge in [-0.2, -0.15) is 0 Å². The molecular formula is C10H13NO4S3. The van der Waals surface area contributed by atoms with Gasteiger partial charge in [-0.1, -0.05) is 0 Å². The Bertz CT molecular complexity index is 474. The van der Waals surface area contributed by atoms with Crippen LogP contribution < -0.4 is 0 Å². The molecular weight excluding hydrogens is 294 g/mol. The molecule has 1 N–H and O–H groups in total. The Morgan fingerprint density at radius 1 is 1.61 bits per heavy atom. The summed E-state index contributed by atoms with van der Waals surface area (Å²) in [5.41, 5.74) is 0.574. The first-order chi connectivity index (χ1) is 8.61. The minimum Gasteiger partial charge on any atom is -0.385 e. The minimum atomic E-state index is -2.01. The van der Waals surface area contributed by atoms with E-state index < -0.39 is 11.1 Å². The van der Waals surface area contributed by atoms with Gasteiger partial charge in [0.25, 0.3) is 0 Å². The molecule has 1 aromatic rings. The fourth-order valence-electron chi connectivity index (χ4n) is 1.61. The molecule has 0 spiro atoms. The first kappa shape index (κ1) is 14.2. The first-order valence-corrected chi connectivity index (χ1v) is 8.01. The number of thiophene rings is 1. The maximum Gasteiger partial charge on any atom is 0.196 e. The molecule has 0 saturated carbocycles. The molecule has 1 unspecified atom stereocenters. The van der Waals surface area contributed by atoms with E-state index in [1.807, 2.05) is 4.31 Å². The van der Waals surface area contributed by atoms with E-state index in [9.17, 15) is 9.00 Å². The van der Waals surface area contributed by atoms with Crippen molar-refractivity contribution in [2.24, 2.45) is 0 Å². The molecule has 100 valence electrons. The zero-order chi connectivity index (χ0) is 13.1. The fourth-order valence-corrected chi connectivity index (χ4v) is 4.80. The summed E-state index contributed by atoms with van der Waals surface area (Å²) >= 11 is 0.676. The second kappa shape index (κ2) is 6.27. The first-order valence-electron chi connectivity index (χ1n) is 5.31. The second-order valence-electron chi connectivity index (χ2n) is 3.74. The van der Waals surface area contributed by atoms with Crippen LogP contribution in [0.4, 0.5) is 0 Å². The lowest BCUT2D eigenvalue weighted by Crippen LogP contribution is -2.28. The van der Waals surface area contributed by atoms with Crippen molar-refractivity contribution in [1.82, 2.24) is 4.31 Å². The molecule has 1 aliphatic rings. The van der Waals surface area contributed by atoms with Gasteiger partial charge in [-0.15, -0.1) is 11.3 Å². The maximum atomic E-state index is 11.9. The van der Waals surface area contributed by atoms with Crippen molar-refractivity contribution in [3.63, 3.8) is 0 Å². The molecule has 1 aliphatic heterocycles. The van der Waals surface area contributed by atoms with Crippen molar-refractivity contribution in [3.05, 3.63) is 11.6 Å². The molecule has 0 fully saturated rings. The van der Waals surface area contributed by atoms with E-state index in [4.69, 9.17) is 9.29 Å². The third kappa shape index (κ3) is 3.19. The Morgan fingerprint density at radius 2 is 2.39 bits per heavy atom. The van der Waals surface area contributed by atoms with Crippen molar-refractivity contribution in [3.8, 4) is 0 Å². The van der Waals surface area contributed by atoms with Crippen LogP contribution in [0, 0.1) is 0 Å². The van der Waals surface area contributed by atoms with Gasteiger partial charge >= 0.3 is 0 Å². The van der Waals surface area contributed by atoms with E-state index in [0.29, 0.717) is 22.9 Å². The third-order valence-electron chi connectivity index (χ3n) is 2.44. The van der Waals surface area contributed by atoms with Crippen molar-refractivity contribution in [2.45, 2.75) is 14.8 Å². The SMILES string of the molecule is COCCCN1CC(=O)c2cc(S(=O)O)sc2S1. The van der Waals surface area contributed by atoms with E-state index in [2.05, 4.69) is 0 Å². The number of methoxy groups -OCH3 is 1. The highest BCUT2D eigenvalue weighted by Crippen LogP contribution is 2.39. The monoisotopic (exact) mass is 307 g/mol.